The fourth-order valence-electron chi connectivity index (χ4n) is 3.02. The summed E-state index contributed by atoms with van der Waals surface area (Å²) in [4.78, 5) is 10.6. The molecule has 132 valence electrons. The summed E-state index contributed by atoms with van der Waals surface area (Å²) in [5.74, 6) is -0.0233. The molecule has 2 aromatic heterocycles. The normalized spacial score (nSPS) is 15.5. The van der Waals surface area contributed by atoms with Gasteiger partial charge in [0.25, 0.3) is 0 Å². The molecule has 0 bridgehead atoms. The van der Waals surface area contributed by atoms with Crippen LogP contribution in [0.3, 0.4) is 0 Å². The van der Waals surface area contributed by atoms with Gasteiger partial charge in [-0.3, -0.25) is 4.98 Å². The lowest BCUT2D eigenvalue weighted by molar-refractivity contribution is 0.604. The fraction of sp³-hybridized carbons (Fsp3) is 0.368. The van der Waals surface area contributed by atoms with Gasteiger partial charge in [0.2, 0.25) is 0 Å². The first-order valence-electron chi connectivity index (χ1n) is 8.53. The molecule has 1 atom stereocenters. The van der Waals surface area contributed by atoms with Crippen molar-refractivity contribution < 1.29 is 4.39 Å². The second-order valence-corrected chi connectivity index (χ2v) is 6.32. The third-order valence-electron chi connectivity index (χ3n) is 4.58. The monoisotopic (exact) mass is 341 g/mol. The van der Waals surface area contributed by atoms with Crippen molar-refractivity contribution in [1.82, 2.24) is 15.3 Å². The zero-order valence-electron chi connectivity index (χ0n) is 14.9. The van der Waals surface area contributed by atoms with E-state index in [0.717, 1.165) is 29.8 Å². The fourth-order valence-corrected chi connectivity index (χ4v) is 3.02. The summed E-state index contributed by atoms with van der Waals surface area (Å²) in [7, 11) is 1.85. The van der Waals surface area contributed by atoms with Gasteiger partial charge in [0.1, 0.15) is 0 Å². The number of rotatable bonds is 5. The van der Waals surface area contributed by atoms with Crippen LogP contribution in [-0.4, -0.2) is 29.6 Å². The van der Waals surface area contributed by atoms with E-state index in [-0.39, 0.29) is 17.7 Å². The maximum atomic E-state index is 15.0. The van der Waals surface area contributed by atoms with Crippen LogP contribution in [0.4, 0.5) is 15.9 Å². The number of aromatic nitrogens is 2. The van der Waals surface area contributed by atoms with E-state index in [0.29, 0.717) is 12.2 Å². The third-order valence-corrected chi connectivity index (χ3v) is 4.58. The molecule has 0 aromatic carbocycles. The summed E-state index contributed by atoms with van der Waals surface area (Å²) in [5.41, 5.74) is 3.91. The maximum absolute atomic E-state index is 15.0. The van der Waals surface area contributed by atoms with Crippen LogP contribution in [0.15, 0.2) is 42.4 Å². The van der Waals surface area contributed by atoms with Crippen LogP contribution in [0.25, 0.3) is 0 Å². The van der Waals surface area contributed by atoms with Crippen LogP contribution in [0.1, 0.15) is 25.1 Å². The van der Waals surface area contributed by atoms with Gasteiger partial charge in [-0.15, -0.1) is 0 Å². The van der Waals surface area contributed by atoms with Gasteiger partial charge < -0.3 is 15.5 Å². The average molecular weight is 341 g/mol. The van der Waals surface area contributed by atoms with Gasteiger partial charge in [0.15, 0.2) is 11.6 Å². The number of hydrogen-bond donors (Lipinski definition) is 2. The van der Waals surface area contributed by atoms with Crippen molar-refractivity contribution in [2.24, 2.45) is 0 Å². The molecule has 0 saturated heterocycles. The Balaban J connectivity index is 1.81. The van der Waals surface area contributed by atoms with Gasteiger partial charge >= 0.3 is 0 Å². The lowest BCUT2D eigenvalue weighted by Gasteiger charge is -2.30. The minimum Gasteiger partial charge on any atom is -0.394 e. The molecule has 0 amide bonds. The Morgan fingerprint density at radius 3 is 2.96 bits per heavy atom. The first-order chi connectivity index (χ1) is 12.1. The molecule has 3 heterocycles. The van der Waals surface area contributed by atoms with E-state index < -0.39 is 0 Å². The zero-order valence-corrected chi connectivity index (χ0v) is 14.9. The molecule has 3 rings (SSSR count). The molecule has 1 aliphatic rings. The van der Waals surface area contributed by atoms with Gasteiger partial charge in [-0.05, 0) is 43.3 Å². The highest BCUT2D eigenvalue weighted by Crippen LogP contribution is 2.29. The van der Waals surface area contributed by atoms with Gasteiger partial charge in [-0.25, -0.2) is 9.37 Å². The molecular weight excluding hydrogens is 317 g/mol. The van der Waals surface area contributed by atoms with Crippen LogP contribution in [0, 0.1) is 5.82 Å². The molecule has 0 aliphatic carbocycles. The van der Waals surface area contributed by atoms with Gasteiger partial charge in [-0.1, -0.05) is 6.07 Å². The second-order valence-electron chi connectivity index (χ2n) is 6.32. The largest absolute Gasteiger partial charge is 0.394 e. The molecule has 0 saturated carbocycles. The lowest BCUT2D eigenvalue weighted by Crippen LogP contribution is -2.32. The highest BCUT2D eigenvalue weighted by molar-refractivity contribution is 5.57. The molecule has 0 unspecified atom stereocenters. The van der Waals surface area contributed by atoms with E-state index in [1.807, 2.05) is 44.3 Å². The summed E-state index contributed by atoms with van der Waals surface area (Å²) < 4.78 is 15.0. The second kappa shape index (κ2) is 7.51. The topological polar surface area (TPSA) is 53.1 Å². The minimum absolute atomic E-state index is 0.0176. The van der Waals surface area contributed by atoms with Crippen molar-refractivity contribution in [3.05, 3.63) is 59.4 Å². The smallest absolute Gasteiger partial charge is 0.188 e. The van der Waals surface area contributed by atoms with E-state index in [4.69, 9.17) is 0 Å². The van der Waals surface area contributed by atoms with Crippen LogP contribution in [-0.2, 0) is 13.0 Å². The standard InChI is InChI=1S/C19H24FN5/c1-13(11-21-3)14(2)24-19-18(20)17(6-9-23-19)25-10-7-16-15(12-25)5-4-8-22-16/h4-6,8-9,11,14,21H,7,10,12H2,1-3H3,(H,23,24)/b13-11+/t14-/m0/s1. The van der Waals surface area contributed by atoms with Crippen molar-refractivity contribution >= 4 is 11.5 Å². The molecular formula is C19H24FN5. The first-order valence-corrected chi connectivity index (χ1v) is 8.53. The maximum Gasteiger partial charge on any atom is 0.188 e. The van der Waals surface area contributed by atoms with Crippen molar-refractivity contribution in [1.29, 1.82) is 0 Å². The van der Waals surface area contributed by atoms with E-state index >= 15 is 4.39 Å². The zero-order chi connectivity index (χ0) is 17.8. The lowest BCUT2D eigenvalue weighted by atomic mass is 10.1. The quantitative estimate of drug-likeness (QED) is 0.875. The Morgan fingerprint density at radius 2 is 2.16 bits per heavy atom. The average Bonchev–Trinajstić information content (AvgIpc) is 2.63. The van der Waals surface area contributed by atoms with E-state index in [1.165, 1.54) is 0 Å². The molecule has 0 spiro atoms. The molecule has 0 fully saturated rings. The first kappa shape index (κ1) is 17.2. The Morgan fingerprint density at radius 1 is 1.32 bits per heavy atom. The predicted molar refractivity (Wildman–Crippen MR) is 99.1 cm³/mol. The molecule has 2 N–H and O–H groups in total. The number of nitrogens with zero attached hydrogens (tertiary/aromatic N) is 3. The van der Waals surface area contributed by atoms with Crippen LogP contribution < -0.4 is 15.5 Å². The van der Waals surface area contributed by atoms with Crippen molar-refractivity contribution in [2.45, 2.75) is 32.9 Å². The summed E-state index contributed by atoms with van der Waals surface area (Å²) >= 11 is 0. The summed E-state index contributed by atoms with van der Waals surface area (Å²) in [6.45, 7) is 5.39. The van der Waals surface area contributed by atoms with Gasteiger partial charge in [0.05, 0.1) is 5.69 Å². The van der Waals surface area contributed by atoms with Crippen molar-refractivity contribution in [2.75, 3.05) is 23.8 Å². The molecule has 2 aromatic rings. The Kier molecular flexibility index (Phi) is 5.16. The number of pyridine rings is 2. The van der Waals surface area contributed by atoms with E-state index in [2.05, 4.69) is 26.7 Å². The predicted octanol–water partition coefficient (Wildman–Crippen LogP) is 3.10. The van der Waals surface area contributed by atoms with Crippen molar-refractivity contribution in [3.63, 3.8) is 0 Å². The number of anilines is 2. The summed E-state index contributed by atoms with van der Waals surface area (Å²) in [6, 6.07) is 5.70. The van der Waals surface area contributed by atoms with Crippen molar-refractivity contribution in [3.8, 4) is 0 Å². The molecule has 6 heteroatoms. The third kappa shape index (κ3) is 3.73. The minimum atomic E-state index is -0.307. The Hall–Kier alpha value is -2.63. The van der Waals surface area contributed by atoms with Crippen LogP contribution >= 0.6 is 0 Å². The molecule has 1 aliphatic heterocycles. The number of fused-ring (bicyclic) bond motifs is 1. The van der Waals surface area contributed by atoms with Gasteiger partial charge in [0, 0.05) is 50.7 Å². The highest BCUT2D eigenvalue weighted by atomic mass is 19.1. The van der Waals surface area contributed by atoms with Crippen LogP contribution in [0.2, 0.25) is 0 Å². The van der Waals surface area contributed by atoms with Gasteiger partial charge in [-0.2, -0.15) is 0 Å². The summed E-state index contributed by atoms with van der Waals surface area (Å²) in [6.07, 6.45) is 6.18. The number of halogens is 1. The Labute approximate surface area is 148 Å². The SMILES string of the molecule is CN/C=C(\C)[C@H](C)Nc1nccc(N2CCc3ncccc3C2)c1F. The number of hydrogen-bond acceptors (Lipinski definition) is 5. The van der Waals surface area contributed by atoms with E-state index in [9.17, 15) is 0 Å². The highest BCUT2D eigenvalue weighted by Gasteiger charge is 2.22. The Bertz CT molecular complexity index is 774. The summed E-state index contributed by atoms with van der Waals surface area (Å²) in [5, 5.41) is 6.15. The molecule has 0 radical (unpaired) electrons. The molecule has 5 nitrogen and oxygen atoms in total. The number of nitrogens with one attached hydrogen (secondary N) is 2. The molecule has 25 heavy (non-hydrogen) atoms. The van der Waals surface area contributed by atoms with Crippen LogP contribution in [0.5, 0.6) is 0 Å². The van der Waals surface area contributed by atoms with E-state index in [1.54, 1.807) is 12.3 Å².